The van der Waals surface area contributed by atoms with E-state index in [1.54, 1.807) is 19.9 Å². The Kier molecular flexibility index (Phi) is 4.86. The summed E-state index contributed by atoms with van der Waals surface area (Å²) < 4.78 is 0. The van der Waals surface area contributed by atoms with Crippen molar-refractivity contribution in [2.24, 2.45) is 0 Å². The van der Waals surface area contributed by atoms with Crippen molar-refractivity contribution in [1.29, 1.82) is 0 Å². The van der Waals surface area contributed by atoms with Crippen LogP contribution in [0.3, 0.4) is 0 Å². The molecule has 1 saturated heterocycles. The molecule has 102 valence electrons. The summed E-state index contributed by atoms with van der Waals surface area (Å²) in [6.45, 7) is 9.01. The van der Waals surface area contributed by atoms with Gasteiger partial charge in [0.1, 0.15) is 5.54 Å². The minimum absolute atomic E-state index is 0.0411. The molecule has 0 atom stereocenters. The molecule has 0 radical (unpaired) electrons. The van der Waals surface area contributed by atoms with E-state index in [4.69, 9.17) is 5.11 Å². The first-order chi connectivity index (χ1) is 8.42. The summed E-state index contributed by atoms with van der Waals surface area (Å²) in [5, 5.41) is 11.5. The highest BCUT2D eigenvalue weighted by Crippen LogP contribution is 2.16. The van der Waals surface area contributed by atoms with Crippen LogP contribution in [0.4, 0.5) is 4.79 Å². The lowest BCUT2D eigenvalue weighted by Gasteiger charge is -2.22. The second-order valence-electron chi connectivity index (χ2n) is 4.82. The van der Waals surface area contributed by atoms with E-state index in [-0.39, 0.29) is 18.5 Å². The number of rotatable bonds is 7. The van der Waals surface area contributed by atoms with E-state index in [1.165, 1.54) is 4.90 Å². The molecular formula is C12H21N3O3. The summed E-state index contributed by atoms with van der Waals surface area (Å²) in [7, 11) is 0. The van der Waals surface area contributed by atoms with Gasteiger partial charge in [0.2, 0.25) is 0 Å². The molecule has 0 aromatic carbocycles. The quantitative estimate of drug-likeness (QED) is 0.488. The van der Waals surface area contributed by atoms with E-state index in [0.717, 1.165) is 0 Å². The number of carbonyl (C=O) groups is 2. The van der Waals surface area contributed by atoms with Crippen molar-refractivity contribution >= 4 is 11.9 Å². The second-order valence-corrected chi connectivity index (χ2v) is 4.82. The van der Waals surface area contributed by atoms with Crippen LogP contribution in [-0.4, -0.2) is 65.2 Å². The molecule has 2 N–H and O–H groups in total. The van der Waals surface area contributed by atoms with E-state index >= 15 is 0 Å². The van der Waals surface area contributed by atoms with Gasteiger partial charge in [-0.15, -0.1) is 6.58 Å². The normalized spacial score (nSPS) is 18.3. The first-order valence-corrected chi connectivity index (χ1v) is 6.00. The maximum atomic E-state index is 11.9. The Morgan fingerprint density at radius 1 is 1.44 bits per heavy atom. The van der Waals surface area contributed by atoms with Gasteiger partial charge in [-0.05, 0) is 13.8 Å². The molecule has 0 aliphatic carbocycles. The van der Waals surface area contributed by atoms with Gasteiger partial charge in [-0.3, -0.25) is 14.6 Å². The molecule has 0 unspecified atom stereocenters. The Balaban J connectivity index is 2.54. The van der Waals surface area contributed by atoms with Gasteiger partial charge in [-0.25, -0.2) is 4.79 Å². The number of hydrogen-bond donors (Lipinski definition) is 2. The number of imide groups is 1. The highest BCUT2D eigenvalue weighted by Gasteiger charge is 2.43. The topological polar surface area (TPSA) is 72.9 Å². The van der Waals surface area contributed by atoms with Crippen LogP contribution in [0.25, 0.3) is 0 Å². The Hall–Kier alpha value is -1.40. The summed E-state index contributed by atoms with van der Waals surface area (Å²) in [5.74, 6) is -0.213. The molecule has 0 spiro atoms. The lowest BCUT2D eigenvalue weighted by atomic mass is 10.1. The third-order valence-corrected chi connectivity index (χ3v) is 2.89. The van der Waals surface area contributed by atoms with Crippen LogP contribution in [0.15, 0.2) is 12.7 Å². The monoisotopic (exact) mass is 255 g/mol. The van der Waals surface area contributed by atoms with E-state index in [0.29, 0.717) is 26.2 Å². The molecule has 0 aromatic heterocycles. The smallest absolute Gasteiger partial charge is 0.325 e. The van der Waals surface area contributed by atoms with Crippen molar-refractivity contribution in [3.8, 4) is 0 Å². The molecule has 0 bridgehead atoms. The first-order valence-electron chi connectivity index (χ1n) is 6.00. The maximum absolute atomic E-state index is 11.9. The lowest BCUT2D eigenvalue weighted by molar-refractivity contribution is -0.130. The van der Waals surface area contributed by atoms with Crippen LogP contribution < -0.4 is 5.32 Å². The van der Waals surface area contributed by atoms with E-state index < -0.39 is 5.54 Å². The summed E-state index contributed by atoms with van der Waals surface area (Å²) in [6, 6.07) is -0.354. The molecule has 1 aliphatic rings. The van der Waals surface area contributed by atoms with Crippen LogP contribution in [0.2, 0.25) is 0 Å². The summed E-state index contributed by atoms with van der Waals surface area (Å²) >= 11 is 0. The van der Waals surface area contributed by atoms with Crippen molar-refractivity contribution in [1.82, 2.24) is 15.1 Å². The summed E-state index contributed by atoms with van der Waals surface area (Å²) in [4.78, 5) is 26.7. The number of aliphatic hydroxyl groups is 1. The Morgan fingerprint density at radius 2 is 2.11 bits per heavy atom. The minimum atomic E-state index is -0.822. The van der Waals surface area contributed by atoms with Crippen molar-refractivity contribution in [3.05, 3.63) is 12.7 Å². The number of aliphatic hydroxyl groups excluding tert-OH is 1. The number of carbonyl (C=O) groups excluding carboxylic acids is 2. The van der Waals surface area contributed by atoms with Crippen LogP contribution in [0.1, 0.15) is 13.8 Å². The fourth-order valence-electron chi connectivity index (χ4n) is 1.88. The Morgan fingerprint density at radius 3 is 2.56 bits per heavy atom. The van der Waals surface area contributed by atoms with Gasteiger partial charge in [-0.1, -0.05) is 6.08 Å². The summed E-state index contributed by atoms with van der Waals surface area (Å²) in [5.41, 5.74) is -0.822. The van der Waals surface area contributed by atoms with Crippen LogP contribution in [0, 0.1) is 0 Å². The fourth-order valence-corrected chi connectivity index (χ4v) is 1.88. The molecular weight excluding hydrogens is 234 g/mol. The molecule has 0 saturated carbocycles. The third kappa shape index (κ3) is 3.30. The van der Waals surface area contributed by atoms with Gasteiger partial charge in [0.15, 0.2) is 0 Å². The number of nitrogens with zero attached hydrogens (tertiary/aromatic N) is 2. The Labute approximate surface area is 107 Å². The minimum Gasteiger partial charge on any atom is -0.395 e. The fraction of sp³-hybridized carbons (Fsp3) is 0.667. The van der Waals surface area contributed by atoms with Crippen molar-refractivity contribution in [2.45, 2.75) is 19.4 Å². The first kappa shape index (κ1) is 14.7. The third-order valence-electron chi connectivity index (χ3n) is 2.89. The highest BCUT2D eigenvalue weighted by molar-refractivity contribution is 6.06. The zero-order valence-corrected chi connectivity index (χ0v) is 11.0. The molecule has 3 amide bonds. The van der Waals surface area contributed by atoms with Crippen LogP contribution in [0.5, 0.6) is 0 Å². The Bertz CT molecular complexity index is 341. The van der Waals surface area contributed by atoms with Gasteiger partial charge in [0, 0.05) is 26.2 Å². The lowest BCUT2D eigenvalue weighted by Crippen LogP contribution is -2.42. The van der Waals surface area contributed by atoms with E-state index in [2.05, 4.69) is 11.9 Å². The zero-order valence-electron chi connectivity index (χ0n) is 11.0. The largest absolute Gasteiger partial charge is 0.395 e. The predicted molar refractivity (Wildman–Crippen MR) is 68.0 cm³/mol. The molecule has 1 rings (SSSR count). The molecule has 18 heavy (non-hydrogen) atoms. The predicted octanol–water partition coefficient (Wildman–Crippen LogP) is -0.203. The summed E-state index contributed by atoms with van der Waals surface area (Å²) in [6.07, 6.45) is 1.73. The molecule has 6 nitrogen and oxygen atoms in total. The van der Waals surface area contributed by atoms with Crippen molar-refractivity contribution in [2.75, 3.05) is 32.8 Å². The average Bonchev–Trinajstić information content (AvgIpc) is 2.47. The molecule has 1 heterocycles. The second kappa shape index (κ2) is 5.97. The molecule has 1 aliphatic heterocycles. The average molecular weight is 255 g/mol. The van der Waals surface area contributed by atoms with Crippen molar-refractivity contribution < 1.29 is 14.7 Å². The van der Waals surface area contributed by atoms with Gasteiger partial charge in [-0.2, -0.15) is 0 Å². The van der Waals surface area contributed by atoms with E-state index in [1.807, 2.05) is 4.90 Å². The SMILES string of the molecule is C=CCN(CCO)CCN1C(=O)NC(C)(C)C1=O. The van der Waals surface area contributed by atoms with Gasteiger partial charge >= 0.3 is 6.03 Å². The zero-order chi connectivity index (χ0) is 13.8. The van der Waals surface area contributed by atoms with Gasteiger partial charge in [0.25, 0.3) is 5.91 Å². The number of amides is 3. The van der Waals surface area contributed by atoms with E-state index in [9.17, 15) is 9.59 Å². The van der Waals surface area contributed by atoms with Crippen LogP contribution >= 0.6 is 0 Å². The standard InChI is InChI=1S/C12H21N3O3/c1-4-5-14(8-9-16)6-7-15-10(17)12(2,3)13-11(15)18/h4,16H,1,5-9H2,2-3H3,(H,13,18). The van der Waals surface area contributed by atoms with Gasteiger partial charge in [0.05, 0.1) is 6.61 Å². The number of nitrogens with one attached hydrogen (secondary N) is 1. The molecule has 6 heteroatoms. The van der Waals surface area contributed by atoms with Gasteiger partial charge < -0.3 is 10.4 Å². The molecule has 0 aromatic rings. The maximum Gasteiger partial charge on any atom is 0.325 e. The van der Waals surface area contributed by atoms with Crippen molar-refractivity contribution in [3.63, 3.8) is 0 Å². The molecule has 1 fully saturated rings. The number of urea groups is 1. The number of hydrogen-bond acceptors (Lipinski definition) is 4. The highest BCUT2D eigenvalue weighted by atomic mass is 16.3. The van der Waals surface area contributed by atoms with Crippen LogP contribution in [-0.2, 0) is 4.79 Å².